The molecule has 1 amide bonds. The van der Waals surface area contributed by atoms with Crippen LogP contribution in [0.3, 0.4) is 0 Å². The Morgan fingerprint density at radius 2 is 1.07 bits per heavy atom. The van der Waals surface area contributed by atoms with Crippen molar-refractivity contribution in [2.75, 3.05) is 6.54 Å². The molecule has 1 atom stereocenters. The van der Waals surface area contributed by atoms with Crippen LogP contribution in [0.5, 0.6) is 0 Å². The van der Waals surface area contributed by atoms with Crippen LogP contribution in [0.25, 0.3) is 0 Å². The van der Waals surface area contributed by atoms with Gasteiger partial charge in [0.25, 0.3) is 0 Å². The van der Waals surface area contributed by atoms with Gasteiger partial charge in [0.05, 0.1) is 0 Å². The van der Waals surface area contributed by atoms with Gasteiger partial charge in [-0.2, -0.15) is 0 Å². The van der Waals surface area contributed by atoms with Gasteiger partial charge in [-0.05, 0) is 89.9 Å². The lowest BCUT2D eigenvalue weighted by molar-refractivity contribution is -0.150. The predicted molar refractivity (Wildman–Crippen MR) is 194 cm³/mol. The van der Waals surface area contributed by atoms with Crippen LogP contribution in [0.2, 0.25) is 0 Å². The van der Waals surface area contributed by atoms with E-state index in [1.165, 1.54) is 0 Å². The van der Waals surface area contributed by atoms with E-state index in [-0.39, 0.29) is 24.5 Å². The summed E-state index contributed by atoms with van der Waals surface area (Å²) >= 11 is 0. The molecule has 0 aliphatic rings. The van der Waals surface area contributed by atoms with Gasteiger partial charge in [-0.25, -0.2) is 0 Å². The standard InChI is InChI=1S/C40H65NO5/c1-3-5-7-8-9-10-11-12-13-14-15-16-17-18-19-20-21-22-23-24-25-26-31-35-40(45)46-37(32-28-6-4-2)33-29-27-30-34-38(42)41-36-39(43)44/h5,7,9-10,12-13,15-16,18-19,21-22,37H,3-4,6,8,11,14,17,20,23-36H2,1-2H3,(H,41,42)(H,43,44)/b7-5-,10-9-,13-12-,16-15-,19-18-,22-21-. The van der Waals surface area contributed by atoms with Crippen molar-refractivity contribution >= 4 is 17.8 Å². The number of hydrogen-bond acceptors (Lipinski definition) is 4. The zero-order valence-corrected chi connectivity index (χ0v) is 29.1. The first-order valence-corrected chi connectivity index (χ1v) is 18.1. The van der Waals surface area contributed by atoms with Crippen molar-refractivity contribution < 1.29 is 24.2 Å². The molecule has 6 nitrogen and oxygen atoms in total. The number of ether oxygens (including phenoxy) is 1. The molecule has 0 aromatic heterocycles. The predicted octanol–water partition coefficient (Wildman–Crippen LogP) is 10.7. The second-order valence-corrected chi connectivity index (χ2v) is 11.7. The lowest BCUT2D eigenvalue weighted by atomic mass is 10.0. The van der Waals surface area contributed by atoms with Crippen molar-refractivity contribution in [3.63, 3.8) is 0 Å². The molecule has 0 bridgehead atoms. The number of carbonyl (C=O) groups excluding carboxylic acids is 2. The second kappa shape index (κ2) is 34.7. The van der Waals surface area contributed by atoms with Gasteiger partial charge in [-0.15, -0.1) is 0 Å². The van der Waals surface area contributed by atoms with E-state index in [0.29, 0.717) is 19.3 Å². The first-order chi connectivity index (χ1) is 22.5. The fourth-order valence-electron chi connectivity index (χ4n) is 4.75. The third-order valence-corrected chi connectivity index (χ3v) is 7.39. The first kappa shape index (κ1) is 42.9. The van der Waals surface area contributed by atoms with E-state index in [1.54, 1.807) is 0 Å². The number of carbonyl (C=O) groups is 3. The van der Waals surface area contributed by atoms with Crippen LogP contribution >= 0.6 is 0 Å². The molecule has 0 heterocycles. The molecule has 0 spiro atoms. The van der Waals surface area contributed by atoms with Crippen molar-refractivity contribution in [1.82, 2.24) is 5.32 Å². The summed E-state index contributed by atoms with van der Waals surface area (Å²) in [5.41, 5.74) is 0. The smallest absolute Gasteiger partial charge is 0.322 e. The van der Waals surface area contributed by atoms with E-state index in [0.717, 1.165) is 116 Å². The Labute approximate surface area is 281 Å². The lowest BCUT2D eigenvalue weighted by Crippen LogP contribution is -2.28. The van der Waals surface area contributed by atoms with Crippen molar-refractivity contribution in [2.45, 2.75) is 155 Å². The molecule has 1 unspecified atom stereocenters. The van der Waals surface area contributed by atoms with Gasteiger partial charge in [0.15, 0.2) is 0 Å². The lowest BCUT2D eigenvalue weighted by Gasteiger charge is -2.18. The average Bonchev–Trinajstić information content (AvgIpc) is 3.03. The molecular weight excluding hydrogens is 574 g/mol. The number of nitrogens with one attached hydrogen (secondary N) is 1. The van der Waals surface area contributed by atoms with E-state index in [2.05, 4.69) is 92.1 Å². The second-order valence-electron chi connectivity index (χ2n) is 11.7. The van der Waals surface area contributed by atoms with Crippen molar-refractivity contribution in [3.05, 3.63) is 72.9 Å². The van der Waals surface area contributed by atoms with Gasteiger partial charge in [-0.1, -0.05) is 119 Å². The molecule has 0 aliphatic carbocycles. The maximum Gasteiger partial charge on any atom is 0.322 e. The monoisotopic (exact) mass is 639 g/mol. The number of carboxylic acids is 1. The zero-order chi connectivity index (χ0) is 33.8. The van der Waals surface area contributed by atoms with Crippen LogP contribution in [0, 0.1) is 0 Å². The van der Waals surface area contributed by atoms with Crippen LogP contribution in [-0.2, 0) is 19.1 Å². The highest BCUT2D eigenvalue weighted by Crippen LogP contribution is 2.17. The molecule has 260 valence electrons. The number of carboxylic acid groups (broad SMARTS) is 1. The van der Waals surface area contributed by atoms with Crippen LogP contribution in [0.15, 0.2) is 72.9 Å². The SMILES string of the molecule is CC/C=C\C/C=C\C/C=C\C/C=C\C/C=C\C/C=C\CCCCCCC(=O)OC(CCCCC)CCCCCC(=O)NCC(=O)O. The number of rotatable bonds is 31. The maximum atomic E-state index is 12.5. The van der Waals surface area contributed by atoms with Crippen LogP contribution in [0.4, 0.5) is 0 Å². The Kier molecular flexibility index (Phi) is 32.3. The van der Waals surface area contributed by atoms with Gasteiger partial charge in [0.1, 0.15) is 12.6 Å². The minimum absolute atomic E-state index is 0.0482. The molecule has 0 saturated carbocycles. The quantitative estimate of drug-likeness (QED) is 0.0447. The Hall–Kier alpha value is -3.15. The molecule has 0 radical (unpaired) electrons. The molecule has 6 heteroatoms. The molecule has 0 aromatic rings. The van der Waals surface area contributed by atoms with Crippen molar-refractivity contribution in [1.29, 1.82) is 0 Å². The Morgan fingerprint density at radius 3 is 1.61 bits per heavy atom. The summed E-state index contributed by atoms with van der Waals surface area (Å²) in [4.78, 5) is 34.6. The molecule has 0 aromatic carbocycles. The summed E-state index contributed by atoms with van der Waals surface area (Å²) in [7, 11) is 0. The number of amides is 1. The van der Waals surface area contributed by atoms with E-state index in [4.69, 9.17) is 9.84 Å². The highest BCUT2D eigenvalue weighted by Gasteiger charge is 2.14. The summed E-state index contributed by atoms with van der Waals surface area (Å²) in [6.45, 7) is 3.98. The average molecular weight is 640 g/mol. The Morgan fingerprint density at radius 1 is 0.587 bits per heavy atom. The topological polar surface area (TPSA) is 92.7 Å². The highest BCUT2D eigenvalue weighted by molar-refractivity contribution is 5.80. The third kappa shape index (κ3) is 33.7. The summed E-state index contributed by atoms with van der Waals surface area (Å²) in [5.74, 6) is -1.36. The molecule has 46 heavy (non-hydrogen) atoms. The van der Waals surface area contributed by atoms with Gasteiger partial charge in [0, 0.05) is 12.8 Å². The maximum absolute atomic E-state index is 12.5. The molecule has 0 fully saturated rings. The highest BCUT2D eigenvalue weighted by atomic mass is 16.5. The normalized spacial score (nSPS) is 12.9. The molecule has 0 saturated heterocycles. The molecular formula is C40H65NO5. The van der Waals surface area contributed by atoms with Gasteiger partial charge in [0.2, 0.25) is 5.91 Å². The minimum Gasteiger partial charge on any atom is -0.480 e. The molecule has 0 aliphatic heterocycles. The summed E-state index contributed by atoms with van der Waals surface area (Å²) in [5, 5.41) is 11.0. The summed E-state index contributed by atoms with van der Waals surface area (Å²) < 4.78 is 5.83. The number of unbranched alkanes of at least 4 members (excludes halogenated alkanes) is 8. The van der Waals surface area contributed by atoms with Crippen molar-refractivity contribution in [3.8, 4) is 0 Å². The molecule has 2 N–H and O–H groups in total. The Bertz CT molecular complexity index is 928. The third-order valence-electron chi connectivity index (χ3n) is 7.39. The number of aliphatic carboxylic acids is 1. The number of esters is 1. The van der Waals surface area contributed by atoms with E-state index in [1.807, 2.05) is 0 Å². The molecule has 0 rings (SSSR count). The van der Waals surface area contributed by atoms with Crippen LogP contribution < -0.4 is 5.32 Å². The zero-order valence-electron chi connectivity index (χ0n) is 29.1. The fourth-order valence-corrected chi connectivity index (χ4v) is 4.75. The van der Waals surface area contributed by atoms with Gasteiger partial charge < -0.3 is 15.2 Å². The van der Waals surface area contributed by atoms with Crippen LogP contribution in [-0.4, -0.2) is 35.6 Å². The fraction of sp³-hybridized carbons (Fsp3) is 0.625. The number of hydrogen-bond donors (Lipinski definition) is 2. The van der Waals surface area contributed by atoms with Gasteiger partial charge >= 0.3 is 11.9 Å². The summed E-state index contributed by atoms with van der Waals surface area (Å²) in [6, 6.07) is 0. The summed E-state index contributed by atoms with van der Waals surface area (Å²) in [6.07, 6.45) is 46.3. The largest absolute Gasteiger partial charge is 0.480 e. The van der Waals surface area contributed by atoms with Crippen LogP contribution in [0.1, 0.15) is 149 Å². The van der Waals surface area contributed by atoms with E-state index < -0.39 is 5.97 Å². The Balaban J connectivity index is 3.88. The van der Waals surface area contributed by atoms with Crippen molar-refractivity contribution in [2.24, 2.45) is 0 Å². The minimum atomic E-state index is -1.04. The first-order valence-electron chi connectivity index (χ1n) is 18.1. The number of allylic oxidation sites excluding steroid dienone is 12. The van der Waals surface area contributed by atoms with Gasteiger partial charge in [-0.3, -0.25) is 14.4 Å². The van der Waals surface area contributed by atoms with E-state index in [9.17, 15) is 14.4 Å². The van der Waals surface area contributed by atoms with E-state index >= 15 is 0 Å².